The highest BCUT2D eigenvalue weighted by Gasteiger charge is 2.22. The van der Waals surface area contributed by atoms with Gasteiger partial charge in [0.15, 0.2) is 5.96 Å². The third-order valence-corrected chi connectivity index (χ3v) is 4.10. The molecule has 0 saturated carbocycles. The van der Waals surface area contributed by atoms with Gasteiger partial charge in [0, 0.05) is 45.8 Å². The summed E-state index contributed by atoms with van der Waals surface area (Å²) in [7, 11) is 0. The highest BCUT2D eigenvalue weighted by molar-refractivity contribution is 14.0. The summed E-state index contributed by atoms with van der Waals surface area (Å²) in [6.07, 6.45) is 1.30. The number of aliphatic imine (C=N–C) groups is 1. The lowest BCUT2D eigenvalue weighted by molar-refractivity contribution is -0.131. The first kappa shape index (κ1) is 22.7. The van der Waals surface area contributed by atoms with Crippen LogP contribution in [-0.2, 0) is 22.6 Å². The zero-order chi connectivity index (χ0) is 17.9. The van der Waals surface area contributed by atoms with Gasteiger partial charge in [-0.05, 0) is 31.4 Å². The van der Waals surface area contributed by atoms with Crippen LogP contribution in [0.4, 0.5) is 0 Å². The fourth-order valence-electron chi connectivity index (χ4n) is 2.82. The van der Waals surface area contributed by atoms with Gasteiger partial charge in [0.2, 0.25) is 5.91 Å². The summed E-state index contributed by atoms with van der Waals surface area (Å²) in [4.78, 5) is 18.8. The lowest BCUT2D eigenvalue weighted by Gasteiger charge is -2.15. The van der Waals surface area contributed by atoms with E-state index in [0.29, 0.717) is 19.6 Å². The van der Waals surface area contributed by atoms with Crippen molar-refractivity contribution in [3.63, 3.8) is 0 Å². The first-order valence-electron chi connectivity index (χ1n) is 9.19. The number of ether oxygens (including phenoxy) is 1. The Kier molecular flexibility index (Phi) is 11.3. The van der Waals surface area contributed by atoms with Gasteiger partial charge in [-0.3, -0.25) is 9.79 Å². The number of amides is 1. The summed E-state index contributed by atoms with van der Waals surface area (Å²) in [6, 6.07) is 8.26. The molecule has 0 unspecified atom stereocenters. The van der Waals surface area contributed by atoms with Gasteiger partial charge in [-0.1, -0.05) is 24.3 Å². The zero-order valence-electron chi connectivity index (χ0n) is 15.8. The summed E-state index contributed by atoms with van der Waals surface area (Å²) in [6.45, 7) is 9.04. The first-order valence-corrected chi connectivity index (χ1v) is 9.19. The molecule has 0 radical (unpaired) electrons. The largest absolute Gasteiger partial charge is 0.380 e. The standard InChI is InChI=1S/C19H30N4O2.HI/c1-3-20-19(22-12-13-25-4-2)21-11-7-10-18(24)23-14-16-8-5-6-9-17(16)15-23;/h5-6,8-9H,3-4,7,10-15H2,1-2H3,(H2,20,21,22);1H. The topological polar surface area (TPSA) is 66.0 Å². The van der Waals surface area contributed by atoms with E-state index < -0.39 is 0 Å². The van der Waals surface area contributed by atoms with Gasteiger partial charge in [-0.25, -0.2) is 0 Å². The molecule has 1 aromatic carbocycles. The van der Waals surface area contributed by atoms with Crippen LogP contribution in [0.15, 0.2) is 29.3 Å². The van der Waals surface area contributed by atoms with Gasteiger partial charge in [-0.2, -0.15) is 0 Å². The number of hydrogen-bond donors (Lipinski definition) is 2. The van der Waals surface area contributed by atoms with Crippen molar-refractivity contribution in [1.29, 1.82) is 0 Å². The molecule has 0 aromatic heterocycles. The van der Waals surface area contributed by atoms with Crippen molar-refractivity contribution >= 4 is 35.8 Å². The fraction of sp³-hybridized carbons (Fsp3) is 0.579. The normalized spacial score (nSPS) is 13.2. The quantitative estimate of drug-likeness (QED) is 0.250. The van der Waals surface area contributed by atoms with Crippen molar-refractivity contribution in [3.8, 4) is 0 Å². The second-order valence-corrected chi connectivity index (χ2v) is 6.01. The van der Waals surface area contributed by atoms with E-state index in [1.807, 2.05) is 30.9 Å². The second-order valence-electron chi connectivity index (χ2n) is 6.01. The summed E-state index contributed by atoms with van der Waals surface area (Å²) in [5.41, 5.74) is 2.53. The highest BCUT2D eigenvalue weighted by Crippen LogP contribution is 2.22. The third kappa shape index (κ3) is 7.49. The van der Waals surface area contributed by atoms with Crippen LogP contribution in [0.1, 0.15) is 37.8 Å². The molecule has 7 heteroatoms. The fourth-order valence-corrected chi connectivity index (χ4v) is 2.82. The molecule has 1 aromatic rings. The number of rotatable bonds is 9. The average Bonchev–Trinajstić information content (AvgIpc) is 3.06. The Labute approximate surface area is 173 Å². The van der Waals surface area contributed by atoms with Crippen molar-refractivity contribution in [2.24, 2.45) is 4.99 Å². The number of guanidine groups is 1. The Hall–Kier alpha value is -1.35. The predicted octanol–water partition coefficient (Wildman–Crippen LogP) is 2.52. The molecule has 1 aliphatic rings. The molecule has 0 atom stereocenters. The SMILES string of the molecule is CCNC(=NCCCC(=O)N1Cc2ccccc2C1)NCCOCC.I. The number of carbonyl (C=O) groups excluding carboxylic acids is 1. The predicted molar refractivity (Wildman–Crippen MR) is 116 cm³/mol. The lowest BCUT2D eigenvalue weighted by Crippen LogP contribution is -2.39. The molecule has 1 aliphatic heterocycles. The van der Waals surface area contributed by atoms with Gasteiger partial charge >= 0.3 is 0 Å². The molecule has 0 fully saturated rings. The van der Waals surface area contributed by atoms with Crippen LogP contribution in [0.3, 0.4) is 0 Å². The summed E-state index contributed by atoms with van der Waals surface area (Å²) < 4.78 is 5.31. The monoisotopic (exact) mass is 474 g/mol. The van der Waals surface area contributed by atoms with Gasteiger partial charge in [0.05, 0.1) is 6.61 Å². The van der Waals surface area contributed by atoms with Crippen molar-refractivity contribution in [1.82, 2.24) is 15.5 Å². The number of benzene rings is 1. The minimum Gasteiger partial charge on any atom is -0.380 e. The maximum Gasteiger partial charge on any atom is 0.223 e. The van der Waals surface area contributed by atoms with Crippen LogP contribution >= 0.6 is 24.0 Å². The molecule has 6 nitrogen and oxygen atoms in total. The van der Waals surface area contributed by atoms with Crippen molar-refractivity contribution in [3.05, 3.63) is 35.4 Å². The molecular formula is C19H31IN4O2. The van der Waals surface area contributed by atoms with E-state index in [0.717, 1.165) is 45.2 Å². The van der Waals surface area contributed by atoms with Crippen LogP contribution in [0.2, 0.25) is 0 Å². The van der Waals surface area contributed by atoms with Gasteiger partial charge < -0.3 is 20.3 Å². The molecule has 0 aliphatic carbocycles. The smallest absolute Gasteiger partial charge is 0.223 e. The second kappa shape index (κ2) is 12.9. The van der Waals surface area contributed by atoms with E-state index in [1.165, 1.54) is 11.1 Å². The van der Waals surface area contributed by atoms with Crippen LogP contribution in [0, 0.1) is 0 Å². The summed E-state index contributed by atoms with van der Waals surface area (Å²) in [5.74, 6) is 0.990. The molecule has 1 heterocycles. The van der Waals surface area contributed by atoms with E-state index in [9.17, 15) is 4.79 Å². The number of nitrogens with one attached hydrogen (secondary N) is 2. The highest BCUT2D eigenvalue weighted by atomic mass is 127. The number of fused-ring (bicyclic) bond motifs is 1. The van der Waals surface area contributed by atoms with Crippen molar-refractivity contribution in [2.45, 2.75) is 39.8 Å². The summed E-state index contributed by atoms with van der Waals surface area (Å²) >= 11 is 0. The van der Waals surface area contributed by atoms with E-state index in [4.69, 9.17) is 4.74 Å². The maximum atomic E-state index is 12.4. The first-order chi connectivity index (χ1) is 12.2. The molecule has 0 bridgehead atoms. The van der Waals surface area contributed by atoms with Gasteiger partial charge in [-0.15, -0.1) is 24.0 Å². The minimum absolute atomic E-state index is 0. The van der Waals surface area contributed by atoms with E-state index >= 15 is 0 Å². The van der Waals surface area contributed by atoms with Crippen LogP contribution in [-0.4, -0.2) is 49.6 Å². The molecule has 0 spiro atoms. The van der Waals surface area contributed by atoms with Crippen molar-refractivity contribution in [2.75, 3.05) is 32.8 Å². The van der Waals surface area contributed by atoms with Crippen molar-refractivity contribution < 1.29 is 9.53 Å². The van der Waals surface area contributed by atoms with Gasteiger partial charge in [0.25, 0.3) is 0 Å². The van der Waals surface area contributed by atoms with E-state index in [1.54, 1.807) is 0 Å². The average molecular weight is 474 g/mol. The third-order valence-electron chi connectivity index (χ3n) is 4.10. The number of hydrogen-bond acceptors (Lipinski definition) is 3. The molecule has 2 rings (SSSR count). The Morgan fingerprint density at radius 3 is 2.50 bits per heavy atom. The Balaban J connectivity index is 0.00000338. The van der Waals surface area contributed by atoms with E-state index in [2.05, 4.69) is 27.8 Å². The molecule has 146 valence electrons. The summed E-state index contributed by atoms with van der Waals surface area (Å²) in [5, 5.41) is 6.43. The molecule has 2 N–H and O–H groups in total. The van der Waals surface area contributed by atoms with E-state index in [-0.39, 0.29) is 29.9 Å². The van der Waals surface area contributed by atoms with Gasteiger partial charge in [0.1, 0.15) is 0 Å². The Morgan fingerprint density at radius 1 is 1.19 bits per heavy atom. The van der Waals surface area contributed by atoms with Crippen LogP contribution in [0.25, 0.3) is 0 Å². The van der Waals surface area contributed by atoms with Crippen LogP contribution < -0.4 is 10.6 Å². The number of nitrogens with zero attached hydrogens (tertiary/aromatic N) is 2. The Morgan fingerprint density at radius 2 is 1.88 bits per heavy atom. The minimum atomic E-state index is 0. The number of halogens is 1. The molecule has 26 heavy (non-hydrogen) atoms. The maximum absolute atomic E-state index is 12.4. The lowest BCUT2D eigenvalue weighted by atomic mass is 10.1. The zero-order valence-corrected chi connectivity index (χ0v) is 18.1. The molecular weight excluding hydrogens is 443 g/mol. The number of carbonyl (C=O) groups is 1. The Bertz CT molecular complexity index is 555. The molecule has 1 amide bonds. The molecule has 0 saturated heterocycles. The van der Waals surface area contributed by atoms with Crippen LogP contribution in [0.5, 0.6) is 0 Å².